The fraction of sp³-hybridized carbons (Fsp3) is 0.379. The average molecular weight is 432 g/mol. The number of fused-ring (bicyclic) bond motifs is 1. The molecule has 2 nitrogen and oxygen atoms in total. The number of phenols is 1. The zero-order valence-electron chi connectivity index (χ0n) is 19.1. The number of benzene rings is 3. The Labute approximate surface area is 191 Å². The number of hydrogen-bond acceptors (Lipinski definition) is 2. The van der Waals surface area contributed by atoms with Crippen molar-refractivity contribution in [1.82, 2.24) is 0 Å². The summed E-state index contributed by atoms with van der Waals surface area (Å²) in [5.41, 5.74) is 6.21. The summed E-state index contributed by atoms with van der Waals surface area (Å²) in [4.78, 5) is 2.38. The van der Waals surface area contributed by atoms with Crippen molar-refractivity contribution in [2.75, 3.05) is 11.4 Å². The van der Waals surface area contributed by atoms with Gasteiger partial charge < -0.3 is 10.0 Å². The molecule has 1 unspecified atom stereocenters. The number of aromatic hydroxyl groups is 1. The summed E-state index contributed by atoms with van der Waals surface area (Å²) < 4.78 is 13.5. The molecule has 4 rings (SSSR count). The van der Waals surface area contributed by atoms with Gasteiger partial charge in [0.25, 0.3) is 0 Å². The molecule has 1 N–H and O–H groups in total. The van der Waals surface area contributed by atoms with E-state index in [-0.39, 0.29) is 11.9 Å². The molecule has 0 saturated carbocycles. The fourth-order valence-corrected chi connectivity index (χ4v) is 4.86. The van der Waals surface area contributed by atoms with Crippen molar-refractivity contribution in [2.45, 2.75) is 64.3 Å². The van der Waals surface area contributed by atoms with Crippen molar-refractivity contribution in [3.8, 4) is 5.75 Å². The molecule has 0 bridgehead atoms. The van der Waals surface area contributed by atoms with Crippen LogP contribution in [-0.4, -0.2) is 11.7 Å². The van der Waals surface area contributed by atoms with Crippen LogP contribution in [0.1, 0.15) is 67.3 Å². The maximum atomic E-state index is 13.5. The molecule has 0 fully saturated rings. The smallest absolute Gasteiger partial charge is 0.123 e. The van der Waals surface area contributed by atoms with Crippen LogP contribution in [0.5, 0.6) is 5.75 Å². The molecule has 3 aromatic rings. The van der Waals surface area contributed by atoms with Gasteiger partial charge in [0.15, 0.2) is 0 Å². The van der Waals surface area contributed by atoms with Gasteiger partial charge >= 0.3 is 0 Å². The molecule has 3 heteroatoms. The fourth-order valence-electron chi connectivity index (χ4n) is 4.86. The quantitative estimate of drug-likeness (QED) is 0.357. The van der Waals surface area contributed by atoms with Gasteiger partial charge in [0.05, 0.1) is 6.04 Å². The molecule has 0 amide bonds. The molecule has 168 valence electrons. The van der Waals surface area contributed by atoms with E-state index in [9.17, 15) is 9.50 Å². The summed E-state index contributed by atoms with van der Waals surface area (Å²) in [6, 6.07) is 21.8. The Bertz CT molecular complexity index is 997. The molecule has 1 aliphatic heterocycles. The average Bonchev–Trinajstić information content (AvgIpc) is 2.81. The van der Waals surface area contributed by atoms with Crippen LogP contribution < -0.4 is 4.90 Å². The molecular weight excluding hydrogens is 397 g/mol. The van der Waals surface area contributed by atoms with E-state index >= 15 is 0 Å². The summed E-state index contributed by atoms with van der Waals surface area (Å²) in [6.07, 6.45) is 9.44. The van der Waals surface area contributed by atoms with Gasteiger partial charge in [-0.25, -0.2) is 4.39 Å². The molecule has 3 aromatic carbocycles. The van der Waals surface area contributed by atoms with Crippen LogP contribution in [0, 0.1) is 5.82 Å². The van der Waals surface area contributed by atoms with Gasteiger partial charge in [-0.1, -0.05) is 62.9 Å². The van der Waals surface area contributed by atoms with Crippen molar-refractivity contribution in [3.63, 3.8) is 0 Å². The van der Waals surface area contributed by atoms with Crippen LogP contribution >= 0.6 is 0 Å². The lowest BCUT2D eigenvalue weighted by molar-refractivity contribution is 0.472. The second-order valence-corrected chi connectivity index (χ2v) is 9.00. The standard InChI is InChI=1S/C29H34FNO/c1-2-3-4-5-6-7-22-8-10-23(11-9-22)20-29-28-17-16-27(32)21-24(28)18-19-31(29)26-14-12-25(30)13-15-26/h8-17,21,29,32H,2-7,18-20H2,1H3. The van der Waals surface area contributed by atoms with E-state index in [1.54, 1.807) is 6.07 Å². The van der Waals surface area contributed by atoms with Crippen LogP contribution in [0.3, 0.4) is 0 Å². The topological polar surface area (TPSA) is 23.5 Å². The normalized spacial score (nSPS) is 15.6. The molecular formula is C29H34FNO. The summed E-state index contributed by atoms with van der Waals surface area (Å²) in [6.45, 7) is 3.10. The number of aryl methyl sites for hydroxylation is 1. The maximum Gasteiger partial charge on any atom is 0.123 e. The van der Waals surface area contributed by atoms with Crippen molar-refractivity contribution in [3.05, 3.63) is 94.8 Å². The van der Waals surface area contributed by atoms with E-state index in [0.29, 0.717) is 5.75 Å². The van der Waals surface area contributed by atoms with E-state index in [2.05, 4.69) is 42.2 Å². The van der Waals surface area contributed by atoms with Crippen LogP contribution in [-0.2, 0) is 19.3 Å². The van der Waals surface area contributed by atoms with Crippen molar-refractivity contribution in [2.24, 2.45) is 0 Å². The van der Waals surface area contributed by atoms with E-state index in [4.69, 9.17) is 0 Å². The van der Waals surface area contributed by atoms with E-state index in [1.807, 2.05) is 18.2 Å². The monoisotopic (exact) mass is 431 g/mol. The summed E-state index contributed by atoms with van der Waals surface area (Å²) in [5, 5.41) is 9.97. The largest absolute Gasteiger partial charge is 0.508 e. The Morgan fingerprint density at radius 1 is 0.875 bits per heavy atom. The second kappa shape index (κ2) is 10.7. The lowest BCUT2D eigenvalue weighted by Gasteiger charge is -2.39. The zero-order valence-corrected chi connectivity index (χ0v) is 19.1. The van der Waals surface area contributed by atoms with Gasteiger partial charge in [-0.15, -0.1) is 0 Å². The SMILES string of the molecule is CCCCCCCc1ccc(CC2c3ccc(O)cc3CCN2c2ccc(F)cc2)cc1. The van der Waals surface area contributed by atoms with Gasteiger partial charge in [0.1, 0.15) is 11.6 Å². The molecule has 0 saturated heterocycles. The summed E-state index contributed by atoms with van der Waals surface area (Å²) in [5.74, 6) is 0.110. The molecule has 1 heterocycles. The highest BCUT2D eigenvalue weighted by Crippen LogP contribution is 2.37. The summed E-state index contributed by atoms with van der Waals surface area (Å²) in [7, 11) is 0. The highest BCUT2D eigenvalue weighted by Gasteiger charge is 2.28. The highest BCUT2D eigenvalue weighted by molar-refractivity contribution is 5.53. The molecule has 1 aliphatic rings. The highest BCUT2D eigenvalue weighted by atomic mass is 19.1. The second-order valence-electron chi connectivity index (χ2n) is 9.00. The first-order chi connectivity index (χ1) is 15.6. The van der Waals surface area contributed by atoms with Crippen molar-refractivity contribution >= 4 is 5.69 Å². The van der Waals surface area contributed by atoms with Gasteiger partial charge in [-0.3, -0.25) is 0 Å². The van der Waals surface area contributed by atoms with Crippen molar-refractivity contribution in [1.29, 1.82) is 0 Å². The third-order valence-electron chi connectivity index (χ3n) is 6.66. The Morgan fingerprint density at radius 2 is 1.59 bits per heavy atom. The first kappa shape index (κ1) is 22.4. The first-order valence-electron chi connectivity index (χ1n) is 12.1. The number of nitrogens with zero attached hydrogens (tertiary/aromatic N) is 1. The lowest BCUT2D eigenvalue weighted by Crippen LogP contribution is -2.36. The predicted octanol–water partition coefficient (Wildman–Crippen LogP) is 7.39. The number of unbranched alkanes of at least 4 members (excludes halogenated alkanes) is 4. The van der Waals surface area contributed by atoms with Crippen LogP contribution in [0.4, 0.5) is 10.1 Å². The Balaban J connectivity index is 1.51. The van der Waals surface area contributed by atoms with Gasteiger partial charge in [-0.2, -0.15) is 0 Å². The minimum atomic E-state index is -0.210. The van der Waals surface area contributed by atoms with Crippen LogP contribution in [0.2, 0.25) is 0 Å². The number of anilines is 1. The number of hydrogen-bond donors (Lipinski definition) is 1. The van der Waals surface area contributed by atoms with E-state index < -0.39 is 0 Å². The first-order valence-corrected chi connectivity index (χ1v) is 12.1. The Morgan fingerprint density at radius 3 is 2.34 bits per heavy atom. The summed E-state index contributed by atoms with van der Waals surface area (Å²) >= 11 is 0. The van der Waals surface area contributed by atoms with Crippen LogP contribution in [0.15, 0.2) is 66.7 Å². The molecule has 32 heavy (non-hydrogen) atoms. The lowest BCUT2D eigenvalue weighted by atomic mass is 9.87. The Hall–Kier alpha value is -2.81. The zero-order chi connectivity index (χ0) is 22.3. The molecule has 0 aliphatic carbocycles. The number of halogens is 1. The van der Waals surface area contributed by atoms with Gasteiger partial charge in [0, 0.05) is 12.2 Å². The maximum absolute atomic E-state index is 13.5. The van der Waals surface area contributed by atoms with Gasteiger partial charge in [0.2, 0.25) is 0 Å². The van der Waals surface area contributed by atoms with Gasteiger partial charge in [-0.05, 0) is 84.3 Å². The molecule has 0 aromatic heterocycles. The number of phenolic OH excluding ortho intramolecular Hbond substituents is 1. The molecule has 0 spiro atoms. The predicted molar refractivity (Wildman–Crippen MR) is 131 cm³/mol. The van der Waals surface area contributed by atoms with Crippen LogP contribution in [0.25, 0.3) is 0 Å². The number of rotatable bonds is 9. The third kappa shape index (κ3) is 5.51. The molecule has 0 radical (unpaired) electrons. The molecule has 1 atom stereocenters. The third-order valence-corrected chi connectivity index (χ3v) is 6.66. The van der Waals surface area contributed by atoms with E-state index in [0.717, 1.165) is 31.5 Å². The van der Waals surface area contributed by atoms with Crippen molar-refractivity contribution < 1.29 is 9.50 Å². The van der Waals surface area contributed by atoms with E-state index in [1.165, 1.54) is 66.5 Å². The Kier molecular flexibility index (Phi) is 7.47. The minimum absolute atomic E-state index is 0.157. The minimum Gasteiger partial charge on any atom is -0.508 e.